The maximum Gasteiger partial charge on any atom is 0.255 e. The summed E-state index contributed by atoms with van der Waals surface area (Å²) >= 11 is 0. The molecule has 1 heterocycles. The van der Waals surface area contributed by atoms with Gasteiger partial charge in [0.1, 0.15) is 23.2 Å². The number of aryl methyl sites for hydroxylation is 2. The first kappa shape index (κ1) is 13.3. The minimum Gasteiger partial charge on any atom is -0.466 e. The number of benzene rings is 1. The van der Waals surface area contributed by atoms with Crippen molar-refractivity contribution in [1.82, 2.24) is 5.32 Å². The number of carbonyl (C=O) groups excluding carboxylic acids is 1. The van der Waals surface area contributed by atoms with Gasteiger partial charge in [-0.2, -0.15) is 0 Å². The van der Waals surface area contributed by atoms with Crippen LogP contribution in [0.25, 0.3) is 0 Å². The maximum absolute atomic E-state index is 13.0. The first-order valence-corrected chi connectivity index (χ1v) is 5.76. The predicted octanol–water partition coefficient (Wildman–Crippen LogP) is 3.10. The summed E-state index contributed by atoms with van der Waals surface area (Å²) in [4.78, 5) is 11.9. The van der Waals surface area contributed by atoms with E-state index in [1.54, 1.807) is 19.9 Å². The van der Waals surface area contributed by atoms with Gasteiger partial charge in [-0.05, 0) is 37.6 Å². The third-order valence-electron chi connectivity index (χ3n) is 2.66. The zero-order valence-corrected chi connectivity index (χ0v) is 10.6. The molecule has 100 valence electrons. The van der Waals surface area contributed by atoms with Crippen molar-refractivity contribution in [2.45, 2.75) is 20.4 Å². The molecule has 0 aliphatic rings. The monoisotopic (exact) mass is 265 g/mol. The smallest absolute Gasteiger partial charge is 0.255 e. The minimum absolute atomic E-state index is 0.0528. The molecule has 1 aromatic heterocycles. The molecule has 0 radical (unpaired) electrons. The number of halogens is 2. The highest BCUT2D eigenvalue weighted by Gasteiger charge is 2.13. The fourth-order valence-corrected chi connectivity index (χ4v) is 1.85. The van der Waals surface area contributed by atoms with Crippen LogP contribution in [0.4, 0.5) is 8.78 Å². The van der Waals surface area contributed by atoms with Crippen LogP contribution >= 0.6 is 0 Å². The molecule has 1 amide bonds. The Bertz CT molecular complexity index is 600. The molecule has 0 saturated carbocycles. The Kier molecular flexibility index (Phi) is 3.64. The van der Waals surface area contributed by atoms with Crippen LogP contribution in [0, 0.1) is 25.5 Å². The molecule has 2 aromatic rings. The van der Waals surface area contributed by atoms with Gasteiger partial charge in [-0.15, -0.1) is 0 Å². The van der Waals surface area contributed by atoms with E-state index in [0.717, 1.165) is 6.07 Å². The summed E-state index contributed by atoms with van der Waals surface area (Å²) in [5.41, 5.74) is 0.790. The predicted molar refractivity (Wildman–Crippen MR) is 65.7 cm³/mol. The summed E-state index contributed by atoms with van der Waals surface area (Å²) in [5, 5.41) is 2.59. The van der Waals surface area contributed by atoms with Gasteiger partial charge in [-0.25, -0.2) is 8.78 Å². The number of carbonyl (C=O) groups is 1. The van der Waals surface area contributed by atoms with Crippen LogP contribution in [0.15, 0.2) is 28.7 Å². The quantitative estimate of drug-likeness (QED) is 0.926. The Labute approximate surface area is 109 Å². The lowest BCUT2D eigenvalue weighted by Gasteiger charge is -2.05. The van der Waals surface area contributed by atoms with Gasteiger partial charge in [-0.1, -0.05) is 0 Å². The van der Waals surface area contributed by atoms with Crippen LogP contribution in [-0.2, 0) is 6.54 Å². The molecule has 0 unspecified atom stereocenters. The summed E-state index contributed by atoms with van der Waals surface area (Å²) in [5.74, 6) is -0.516. The lowest BCUT2D eigenvalue weighted by atomic mass is 10.2. The van der Waals surface area contributed by atoms with Crippen LogP contribution in [0.2, 0.25) is 0 Å². The second-order valence-corrected chi connectivity index (χ2v) is 4.29. The SMILES string of the molecule is Cc1cc(C(=O)NCc2cc(F)cc(F)c2)c(C)o1. The molecule has 0 spiro atoms. The summed E-state index contributed by atoms with van der Waals surface area (Å²) in [6.45, 7) is 3.48. The van der Waals surface area contributed by atoms with Crippen molar-refractivity contribution < 1.29 is 18.0 Å². The summed E-state index contributed by atoms with van der Waals surface area (Å²) in [7, 11) is 0. The maximum atomic E-state index is 13.0. The molecule has 19 heavy (non-hydrogen) atoms. The number of hydrogen-bond donors (Lipinski definition) is 1. The zero-order valence-electron chi connectivity index (χ0n) is 10.6. The molecule has 1 aromatic carbocycles. The van der Waals surface area contributed by atoms with Crippen molar-refractivity contribution in [3.05, 3.63) is 58.5 Å². The van der Waals surface area contributed by atoms with Gasteiger partial charge in [0.25, 0.3) is 5.91 Å². The number of rotatable bonds is 3. The Morgan fingerprint density at radius 3 is 2.32 bits per heavy atom. The molecule has 0 atom stereocenters. The number of hydrogen-bond acceptors (Lipinski definition) is 2. The lowest BCUT2D eigenvalue weighted by Crippen LogP contribution is -2.23. The van der Waals surface area contributed by atoms with Crippen molar-refractivity contribution >= 4 is 5.91 Å². The first-order chi connectivity index (χ1) is 8.95. The van der Waals surface area contributed by atoms with Crippen molar-refractivity contribution in [2.75, 3.05) is 0 Å². The number of nitrogens with one attached hydrogen (secondary N) is 1. The molecule has 1 N–H and O–H groups in total. The fourth-order valence-electron chi connectivity index (χ4n) is 1.85. The van der Waals surface area contributed by atoms with Gasteiger partial charge < -0.3 is 9.73 Å². The second kappa shape index (κ2) is 5.22. The topological polar surface area (TPSA) is 42.2 Å². The van der Waals surface area contributed by atoms with E-state index in [4.69, 9.17) is 4.42 Å². The molecule has 0 aliphatic heterocycles. The highest BCUT2D eigenvalue weighted by molar-refractivity contribution is 5.95. The number of amides is 1. The average Bonchev–Trinajstić information content (AvgIpc) is 2.64. The summed E-state index contributed by atoms with van der Waals surface area (Å²) < 4.78 is 31.2. The Balaban J connectivity index is 2.06. The second-order valence-electron chi connectivity index (χ2n) is 4.29. The highest BCUT2D eigenvalue weighted by Crippen LogP contribution is 2.14. The third kappa shape index (κ3) is 3.19. The summed E-state index contributed by atoms with van der Waals surface area (Å²) in [6.07, 6.45) is 0. The van der Waals surface area contributed by atoms with Crippen LogP contribution in [0.1, 0.15) is 27.4 Å². The minimum atomic E-state index is -0.667. The standard InChI is InChI=1S/C14H13F2NO2/c1-8-3-13(9(2)19-8)14(18)17-7-10-4-11(15)6-12(16)5-10/h3-6H,7H2,1-2H3,(H,17,18). The lowest BCUT2D eigenvalue weighted by molar-refractivity contribution is 0.0949. The van der Waals surface area contributed by atoms with Gasteiger partial charge in [0.15, 0.2) is 0 Å². The van der Waals surface area contributed by atoms with Crippen molar-refractivity contribution in [2.24, 2.45) is 0 Å². The highest BCUT2D eigenvalue weighted by atomic mass is 19.1. The molecule has 5 heteroatoms. The van der Waals surface area contributed by atoms with Crippen molar-refractivity contribution in [1.29, 1.82) is 0 Å². The van der Waals surface area contributed by atoms with Gasteiger partial charge in [0, 0.05) is 12.6 Å². The van der Waals surface area contributed by atoms with Crippen LogP contribution < -0.4 is 5.32 Å². The van der Waals surface area contributed by atoms with E-state index in [2.05, 4.69) is 5.32 Å². The van der Waals surface area contributed by atoms with Crippen LogP contribution in [-0.4, -0.2) is 5.91 Å². The van der Waals surface area contributed by atoms with E-state index in [-0.39, 0.29) is 12.5 Å². The molecule has 0 bridgehead atoms. The van der Waals surface area contributed by atoms with E-state index in [1.165, 1.54) is 12.1 Å². The van der Waals surface area contributed by atoms with E-state index in [9.17, 15) is 13.6 Å². The normalized spacial score (nSPS) is 10.5. The van der Waals surface area contributed by atoms with E-state index >= 15 is 0 Å². The van der Waals surface area contributed by atoms with Gasteiger partial charge in [0.05, 0.1) is 5.56 Å². The Morgan fingerprint density at radius 1 is 1.16 bits per heavy atom. The molecule has 0 fully saturated rings. The van der Waals surface area contributed by atoms with Gasteiger partial charge >= 0.3 is 0 Å². The molecular formula is C14H13F2NO2. The first-order valence-electron chi connectivity index (χ1n) is 5.76. The van der Waals surface area contributed by atoms with Gasteiger partial charge in [-0.3, -0.25) is 4.79 Å². The van der Waals surface area contributed by atoms with Crippen LogP contribution in [0.5, 0.6) is 0 Å². The molecule has 0 aliphatic carbocycles. The Hall–Kier alpha value is -2.17. The zero-order chi connectivity index (χ0) is 14.0. The van der Waals surface area contributed by atoms with Crippen LogP contribution in [0.3, 0.4) is 0 Å². The largest absolute Gasteiger partial charge is 0.466 e. The Morgan fingerprint density at radius 2 is 1.79 bits per heavy atom. The van der Waals surface area contributed by atoms with E-state index in [0.29, 0.717) is 22.6 Å². The van der Waals surface area contributed by atoms with E-state index < -0.39 is 11.6 Å². The van der Waals surface area contributed by atoms with Gasteiger partial charge in [0.2, 0.25) is 0 Å². The van der Waals surface area contributed by atoms with E-state index in [1.807, 2.05) is 0 Å². The fraction of sp³-hybridized carbons (Fsp3) is 0.214. The molecule has 2 rings (SSSR count). The summed E-state index contributed by atoms with van der Waals surface area (Å²) in [6, 6.07) is 4.76. The molecule has 3 nitrogen and oxygen atoms in total. The molecular weight excluding hydrogens is 252 g/mol. The number of furan rings is 1. The third-order valence-corrected chi connectivity index (χ3v) is 2.66. The molecule has 0 saturated heterocycles. The van der Waals surface area contributed by atoms with Crippen molar-refractivity contribution in [3.8, 4) is 0 Å². The van der Waals surface area contributed by atoms with Crippen molar-refractivity contribution in [3.63, 3.8) is 0 Å². The average molecular weight is 265 g/mol.